The van der Waals surface area contributed by atoms with Crippen LogP contribution in [0.1, 0.15) is 86.5 Å². The number of rotatable bonds is 35. The molecular weight excluding hydrogens is 1700 g/mol. The van der Waals surface area contributed by atoms with Crippen LogP contribution in [0.2, 0.25) is 0 Å². The minimum Gasteiger partial charge on any atom is -0.522 e. The van der Waals surface area contributed by atoms with Gasteiger partial charge in [-0.3, -0.25) is 0 Å². The Kier molecular flexibility index (Phi) is 53.7. The number of para-hydroxylation sites is 2. The molecule has 0 radical (unpaired) electrons. The molecule has 2 N–H and O–H groups in total. The molecule has 0 spiro atoms. The van der Waals surface area contributed by atoms with Crippen LogP contribution in [0.15, 0.2) is 267 Å². The average molecular weight is 1810 g/mol. The molecule has 0 amide bonds. The first-order chi connectivity index (χ1) is 65.6. The Balaban J connectivity index is 0.000000187. The van der Waals surface area contributed by atoms with Crippen LogP contribution in [0, 0.1) is 0 Å². The van der Waals surface area contributed by atoms with Gasteiger partial charge in [0.2, 0.25) is 0 Å². The van der Waals surface area contributed by atoms with Crippen LogP contribution in [-0.2, 0) is 69.6 Å². The summed E-state index contributed by atoms with van der Waals surface area (Å²) in [6, 6.07) is 19.0. The van der Waals surface area contributed by atoms with Gasteiger partial charge < -0.3 is 88.9 Å². The molecule has 0 aliphatic carbocycles. The van der Waals surface area contributed by atoms with E-state index >= 15 is 0 Å². The van der Waals surface area contributed by atoms with Crippen molar-refractivity contribution in [2.45, 2.75) is 86.5 Å². The number of hydrogen-bond acceptors (Lipinski definition) is 41. The van der Waals surface area contributed by atoms with Crippen molar-refractivity contribution in [2.75, 3.05) is 80.3 Å². The summed E-state index contributed by atoms with van der Waals surface area (Å²) in [7, 11) is -2.94. The van der Waals surface area contributed by atoms with E-state index in [1.807, 2.05) is 74.5 Å². The summed E-state index contributed by atoms with van der Waals surface area (Å²) >= 11 is 0. The molecule has 3 aliphatic rings. The highest BCUT2D eigenvalue weighted by atomic mass is 16.7. The summed E-state index contributed by atoms with van der Waals surface area (Å²) in [5.74, 6) is 1.45. The molecule has 52 heteroatoms. The van der Waals surface area contributed by atoms with E-state index in [0.717, 1.165) is 108 Å². The van der Waals surface area contributed by atoms with Crippen molar-refractivity contribution >= 4 is 138 Å². The molecule has 684 valence electrons. The zero-order chi connectivity index (χ0) is 93.9. The molecule has 3 saturated heterocycles. The third-order valence-electron chi connectivity index (χ3n) is 17.1. The van der Waals surface area contributed by atoms with Crippen molar-refractivity contribution in [3.63, 3.8) is 0 Å². The second-order valence-corrected chi connectivity index (χ2v) is 27.3. The molecular formula is C81H103B11N22O19. The lowest BCUT2D eigenvalue weighted by Gasteiger charge is -2.30. The van der Waals surface area contributed by atoms with Crippen molar-refractivity contribution in [1.82, 2.24) is 110 Å². The lowest BCUT2D eigenvalue weighted by Crippen LogP contribution is -2.61. The lowest BCUT2D eigenvalue weighted by atomic mass is 9.63. The monoisotopic (exact) mass is 1810 g/mol. The summed E-state index contributed by atoms with van der Waals surface area (Å²) in [5, 5.41) is 17.0. The van der Waals surface area contributed by atoms with Gasteiger partial charge in [-0.1, -0.05) is 76.9 Å². The largest absolute Gasteiger partial charge is 0.635 e. The van der Waals surface area contributed by atoms with E-state index in [1.165, 1.54) is 82.0 Å². The summed E-state index contributed by atoms with van der Waals surface area (Å²) < 4.78 is 93.9. The summed E-state index contributed by atoms with van der Waals surface area (Å²) in [5.41, 5.74) is 8.27. The van der Waals surface area contributed by atoms with E-state index in [-0.39, 0.29) is 42.7 Å². The van der Waals surface area contributed by atoms with Gasteiger partial charge in [-0.2, -0.15) is 0 Å². The highest BCUT2D eigenvalue weighted by Gasteiger charge is 2.44. The minimum atomic E-state index is -1.47. The first-order valence-corrected chi connectivity index (χ1v) is 42.8. The second kappa shape index (κ2) is 67.2. The fraction of sp³-hybridized carbons (Fsp3) is 0.309. The predicted octanol–water partition coefficient (Wildman–Crippen LogP) is -0.541. The normalized spacial score (nSPS) is 12.2. The van der Waals surface area contributed by atoms with E-state index in [0.29, 0.717) is 74.7 Å². The molecule has 0 unspecified atom stereocenters. The van der Waals surface area contributed by atoms with E-state index in [4.69, 9.17) is 88.9 Å². The van der Waals surface area contributed by atoms with Crippen LogP contribution in [0.3, 0.4) is 0 Å². The van der Waals surface area contributed by atoms with Gasteiger partial charge in [0.05, 0.1) is 13.2 Å². The smallest absolute Gasteiger partial charge is 0.522 e. The van der Waals surface area contributed by atoms with Gasteiger partial charge >= 0.3 is 78.3 Å². The Hall–Kier alpha value is -12.0. The molecule has 0 atom stereocenters. The first-order valence-electron chi connectivity index (χ1n) is 42.8. The van der Waals surface area contributed by atoms with Crippen molar-refractivity contribution in [1.29, 1.82) is 0 Å². The van der Waals surface area contributed by atoms with Crippen LogP contribution < -0.4 is 69.4 Å². The highest BCUT2D eigenvalue weighted by molar-refractivity contribution is 6.87. The second-order valence-electron chi connectivity index (χ2n) is 27.3. The molecule has 133 heavy (non-hydrogen) atoms. The van der Waals surface area contributed by atoms with E-state index in [9.17, 15) is 0 Å². The number of hydrogen-bond donors (Lipinski definition) is 2. The summed E-state index contributed by atoms with van der Waals surface area (Å²) in [6.07, 6.45) is 59.6. The molecule has 0 bridgehead atoms. The third-order valence-corrected chi connectivity index (χ3v) is 17.1. The molecule has 3 fully saturated rings. The molecule has 11 aromatic heterocycles. The average Bonchev–Trinajstić information content (AvgIpc) is 1.20. The predicted molar refractivity (Wildman–Crippen MR) is 503 cm³/mol. The quantitative estimate of drug-likeness (QED) is 0.0372. The highest BCUT2D eigenvalue weighted by Crippen LogP contribution is 2.15. The Bertz CT molecular complexity index is 4750. The topological polar surface area (TPSA) is 481 Å². The van der Waals surface area contributed by atoms with E-state index in [1.54, 1.807) is 138 Å². The zero-order valence-electron chi connectivity index (χ0n) is 75.4. The first kappa shape index (κ1) is 106. The van der Waals surface area contributed by atoms with Crippen LogP contribution in [0.5, 0.6) is 11.5 Å². The standard InChI is InChI=1S/C16H13BN2O2.C12H9B3N6O3.C12H21BN2O2.C10H17BN2O2.C8H13BN2O2.C7H9BN2O2.C6H7BN2O2.C6H9BN2O2.C4H5BN2O2/c1-3-7-15(8-4-1)20-17(14-11-18-13-19-12-14)21-16-9-5-2-6-10-16;1-10(2-17-7-16-1)13-22-14(11-3-18-8-19-4-11)24-15(23-13)12-5-20-9-21-6-12;1-3-5-7-16-13(17-8-6-4-2)12-9-14-11-15-10-12;1-3-5-14-11(15-6-4-2)10-7-12-9-13-8-10;1-3-12-9(13-4-2)8-5-10-7-11-6-8;1-2-11-8(12-3-1)7-4-9-6-10-5-7;1-2-11-7(10-1)6-3-8-5-9-4-6;1-10-7(11-2)6-3-8-5-9-4-6;8-5(9)4-1-6-3-7-2-4/h1-13H;1-9H;9-11H,3-8H2,1-2H3;7-9H,3-6H2,1-2H3;5-7H,3-4H2,1-2H3;4-6H,1-3H2;3-5H,1-2H2;3-5H,1-2H3;1-3,8-9H. The number of nitrogens with zero attached hydrogens (tertiary/aromatic N) is 22. The molecule has 16 rings (SSSR count). The maximum Gasteiger partial charge on any atom is 0.635 e. The molecule has 13 aromatic rings. The Morgan fingerprint density at radius 1 is 0.271 bits per heavy atom. The van der Waals surface area contributed by atoms with Crippen LogP contribution in [-0.4, -0.2) is 278 Å². The minimum absolute atomic E-state index is 0.254. The number of benzene rings is 2. The van der Waals surface area contributed by atoms with Gasteiger partial charge in [0, 0.05) is 263 Å². The van der Waals surface area contributed by atoms with Crippen molar-refractivity contribution in [3.8, 4) is 11.5 Å². The van der Waals surface area contributed by atoms with Gasteiger partial charge in [0.15, 0.2) is 0 Å². The summed E-state index contributed by atoms with van der Waals surface area (Å²) in [6.45, 7) is 19.1. The van der Waals surface area contributed by atoms with Gasteiger partial charge in [-0.05, 0) is 70.2 Å². The van der Waals surface area contributed by atoms with E-state index in [2.05, 4.69) is 137 Å². The van der Waals surface area contributed by atoms with Gasteiger partial charge in [0.1, 0.15) is 81.1 Å². The van der Waals surface area contributed by atoms with Gasteiger partial charge in [-0.15, -0.1) is 0 Å². The Morgan fingerprint density at radius 3 is 0.767 bits per heavy atom. The SMILES string of the molecule is CCCCOB(OCCCC)c1cncnc1.CCCOB(OCCC)c1cncnc1.CCOB(OCC)c1cncnc1.COB(OC)c1cncnc1.OB(O)c1cncnc1.c1ccc(OB(Oc2ccccc2)c2cncnc2)cc1.c1ncc(B2OB(c3cncnc3)OB(c3cncnc3)O2)cn1.c1ncc(B2OCCCO2)cn1.c1ncc(B2OCCO2)cn1. The van der Waals surface area contributed by atoms with Gasteiger partial charge in [-0.25, -0.2) is 110 Å². The molecule has 2 aromatic carbocycles. The third kappa shape index (κ3) is 42.2. The van der Waals surface area contributed by atoms with Crippen LogP contribution in [0.4, 0.5) is 0 Å². The van der Waals surface area contributed by atoms with Crippen LogP contribution in [0.25, 0.3) is 0 Å². The molecule has 14 heterocycles. The fourth-order valence-electron chi connectivity index (χ4n) is 10.8. The number of unbranched alkanes of at least 4 members (excludes halogenated alkanes) is 2. The maximum atomic E-state index is 8.50. The van der Waals surface area contributed by atoms with Crippen LogP contribution >= 0.6 is 0 Å². The summed E-state index contributed by atoms with van der Waals surface area (Å²) in [4.78, 5) is 86.0. The maximum absolute atomic E-state index is 8.50. The molecule has 3 aliphatic heterocycles. The van der Waals surface area contributed by atoms with Crippen molar-refractivity contribution in [2.24, 2.45) is 0 Å². The van der Waals surface area contributed by atoms with Crippen molar-refractivity contribution in [3.05, 3.63) is 267 Å². The Labute approximate surface area is 777 Å². The van der Waals surface area contributed by atoms with Crippen molar-refractivity contribution < 1.29 is 88.9 Å². The number of aromatic nitrogens is 22. The molecule has 0 saturated carbocycles. The van der Waals surface area contributed by atoms with Gasteiger partial charge in [0.25, 0.3) is 0 Å². The fourth-order valence-corrected chi connectivity index (χ4v) is 10.8. The lowest BCUT2D eigenvalue weighted by molar-refractivity contribution is 0.143. The zero-order valence-corrected chi connectivity index (χ0v) is 75.4. The molecule has 41 nitrogen and oxygen atoms in total. The Morgan fingerprint density at radius 2 is 0.511 bits per heavy atom. The van der Waals surface area contributed by atoms with E-state index < -0.39 is 35.6 Å².